The Balaban J connectivity index is 3.08. The van der Waals surface area contributed by atoms with Crippen LogP contribution in [0, 0.1) is 12.3 Å². The Kier molecular flexibility index (Phi) is 3.89. The molecule has 0 radical (unpaired) electrons. The summed E-state index contributed by atoms with van der Waals surface area (Å²) < 4.78 is 0. The van der Waals surface area contributed by atoms with Crippen molar-refractivity contribution in [3.63, 3.8) is 0 Å². The highest BCUT2D eigenvalue weighted by Crippen LogP contribution is 2.25. The first kappa shape index (κ1) is 13.2. The van der Waals surface area contributed by atoms with Gasteiger partial charge >= 0.3 is 5.97 Å². The van der Waals surface area contributed by atoms with Gasteiger partial charge in [0.15, 0.2) is 0 Å². The second-order valence-electron chi connectivity index (χ2n) is 4.32. The van der Waals surface area contributed by atoms with Crippen molar-refractivity contribution in [1.82, 2.24) is 5.32 Å². The summed E-state index contributed by atoms with van der Waals surface area (Å²) in [6.45, 7) is 3.35. The molecule has 0 spiro atoms. The summed E-state index contributed by atoms with van der Waals surface area (Å²) in [6.07, 6.45) is 0.189. The molecule has 0 saturated carbocycles. The van der Waals surface area contributed by atoms with Gasteiger partial charge in [-0.3, -0.25) is 9.59 Å². The van der Waals surface area contributed by atoms with Gasteiger partial charge in [0.2, 0.25) is 5.91 Å². The fourth-order valence-electron chi connectivity index (χ4n) is 1.72. The van der Waals surface area contributed by atoms with Crippen LogP contribution in [-0.2, 0) is 16.0 Å². The predicted molar refractivity (Wildman–Crippen MR) is 64.7 cm³/mol. The summed E-state index contributed by atoms with van der Waals surface area (Å²) in [5.41, 5.74) is 0.436. The Labute approximate surface area is 101 Å². The lowest BCUT2D eigenvalue weighted by molar-refractivity contribution is -0.154. The van der Waals surface area contributed by atoms with E-state index in [1.165, 1.54) is 14.0 Å². The second kappa shape index (κ2) is 4.99. The van der Waals surface area contributed by atoms with E-state index in [0.29, 0.717) is 0 Å². The van der Waals surface area contributed by atoms with Crippen LogP contribution in [-0.4, -0.2) is 24.0 Å². The summed E-state index contributed by atoms with van der Waals surface area (Å²) in [5.74, 6) is -1.59. The third kappa shape index (κ3) is 2.64. The predicted octanol–water partition coefficient (Wildman–Crippen LogP) is 1.37. The molecule has 0 aliphatic rings. The molecular formula is C13H17NO3. The molecule has 1 aromatic carbocycles. The fourth-order valence-corrected chi connectivity index (χ4v) is 1.72. The molecule has 2 N–H and O–H groups in total. The van der Waals surface area contributed by atoms with Crippen LogP contribution in [0.15, 0.2) is 24.3 Å². The maximum Gasteiger partial charge on any atom is 0.319 e. The Morgan fingerprint density at radius 3 is 2.41 bits per heavy atom. The van der Waals surface area contributed by atoms with Crippen molar-refractivity contribution in [1.29, 1.82) is 0 Å². The van der Waals surface area contributed by atoms with Gasteiger partial charge in [-0.15, -0.1) is 0 Å². The molecule has 0 fully saturated rings. The molecule has 1 rings (SSSR count). The number of carboxylic acids is 1. The van der Waals surface area contributed by atoms with Crippen LogP contribution >= 0.6 is 0 Å². The minimum Gasteiger partial charge on any atom is -0.480 e. The summed E-state index contributed by atoms with van der Waals surface area (Å²) in [7, 11) is 1.45. The van der Waals surface area contributed by atoms with E-state index in [1.807, 2.05) is 31.2 Å². The summed E-state index contributed by atoms with van der Waals surface area (Å²) in [5, 5.41) is 11.6. The van der Waals surface area contributed by atoms with Gasteiger partial charge in [-0.2, -0.15) is 0 Å². The topological polar surface area (TPSA) is 66.4 Å². The van der Waals surface area contributed by atoms with Gasteiger partial charge in [0.25, 0.3) is 0 Å². The lowest BCUT2D eigenvalue weighted by Crippen LogP contribution is -2.44. The number of hydrogen-bond donors (Lipinski definition) is 2. The number of aliphatic carboxylic acids is 1. The van der Waals surface area contributed by atoms with Gasteiger partial charge in [-0.25, -0.2) is 0 Å². The van der Waals surface area contributed by atoms with Gasteiger partial charge in [-0.05, 0) is 31.4 Å². The molecule has 92 valence electrons. The number of hydrogen-bond acceptors (Lipinski definition) is 2. The molecule has 17 heavy (non-hydrogen) atoms. The largest absolute Gasteiger partial charge is 0.480 e. The van der Waals surface area contributed by atoms with Gasteiger partial charge in [0.1, 0.15) is 5.41 Å². The Morgan fingerprint density at radius 1 is 1.35 bits per heavy atom. The van der Waals surface area contributed by atoms with Crippen molar-refractivity contribution in [3.05, 3.63) is 35.4 Å². The van der Waals surface area contributed by atoms with E-state index in [-0.39, 0.29) is 6.42 Å². The van der Waals surface area contributed by atoms with Crippen molar-refractivity contribution < 1.29 is 14.7 Å². The number of carbonyl (C=O) groups excluding carboxylic acids is 1. The average Bonchev–Trinajstić information content (AvgIpc) is 2.30. The van der Waals surface area contributed by atoms with Crippen LogP contribution < -0.4 is 5.32 Å². The van der Waals surface area contributed by atoms with Crippen LogP contribution in [0.5, 0.6) is 0 Å². The zero-order valence-corrected chi connectivity index (χ0v) is 10.3. The van der Waals surface area contributed by atoms with E-state index in [9.17, 15) is 14.7 Å². The third-order valence-corrected chi connectivity index (χ3v) is 3.01. The first-order chi connectivity index (χ1) is 7.91. The van der Waals surface area contributed by atoms with Crippen molar-refractivity contribution in [3.8, 4) is 0 Å². The van der Waals surface area contributed by atoms with Gasteiger partial charge in [-0.1, -0.05) is 24.3 Å². The highest BCUT2D eigenvalue weighted by atomic mass is 16.4. The molecule has 0 saturated heterocycles. The second-order valence-corrected chi connectivity index (χ2v) is 4.32. The summed E-state index contributed by atoms with van der Waals surface area (Å²) >= 11 is 0. The zero-order valence-electron chi connectivity index (χ0n) is 10.3. The van der Waals surface area contributed by atoms with Crippen molar-refractivity contribution in [2.75, 3.05) is 7.05 Å². The molecule has 1 atom stereocenters. The van der Waals surface area contributed by atoms with Crippen LogP contribution in [0.25, 0.3) is 0 Å². The SMILES string of the molecule is CNC(=O)C(C)(Cc1ccccc1C)C(=O)O. The molecular weight excluding hydrogens is 218 g/mol. The van der Waals surface area contributed by atoms with Crippen LogP contribution in [0.3, 0.4) is 0 Å². The monoisotopic (exact) mass is 235 g/mol. The molecule has 0 aliphatic heterocycles. The van der Waals surface area contributed by atoms with Gasteiger partial charge < -0.3 is 10.4 Å². The number of nitrogens with one attached hydrogen (secondary N) is 1. The number of benzene rings is 1. The Bertz CT molecular complexity index is 442. The molecule has 1 amide bonds. The highest BCUT2D eigenvalue weighted by Gasteiger charge is 2.41. The van der Waals surface area contributed by atoms with Crippen molar-refractivity contribution in [2.24, 2.45) is 5.41 Å². The first-order valence-corrected chi connectivity index (χ1v) is 5.42. The minimum absolute atomic E-state index is 0.189. The quantitative estimate of drug-likeness (QED) is 0.775. The van der Waals surface area contributed by atoms with E-state index >= 15 is 0 Å². The molecule has 1 aromatic rings. The van der Waals surface area contributed by atoms with E-state index in [1.54, 1.807) is 0 Å². The highest BCUT2D eigenvalue weighted by molar-refractivity contribution is 6.01. The maximum absolute atomic E-state index is 11.7. The van der Waals surface area contributed by atoms with E-state index in [0.717, 1.165) is 11.1 Å². The smallest absolute Gasteiger partial charge is 0.319 e. The summed E-state index contributed by atoms with van der Waals surface area (Å²) in [4.78, 5) is 23.0. The van der Waals surface area contributed by atoms with E-state index in [2.05, 4.69) is 5.32 Å². The van der Waals surface area contributed by atoms with Gasteiger partial charge in [0, 0.05) is 7.05 Å². The van der Waals surface area contributed by atoms with Gasteiger partial charge in [0.05, 0.1) is 0 Å². The fraction of sp³-hybridized carbons (Fsp3) is 0.385. The molecule has 1 unspecified atom stereocenters. The summed E-state index contributed by atoms with van der Waals surface area (Å²) in [6, 6.07) is 7.48. The number of rotatable bonds is 4. The average molecular weight is 235 g/mol. The number of carboxylic acid groups (broad SMARTS) is 1. The third-order valence-electron chi connectivity index (χ3n) is 3.01. The molecule has 0 aliphatic carbocycles. The standard InChI is InChI=1S/C13H17NO3/c1-9-6-4-5-7-10(9)8-13(2,12(16)17)11(15)14-3/h4-7H,8H2,1-3H3,(H,14,15)(H,16,17). The lowest BCUT2D eigenvalue weighted by atomic mass is 9.81. The first-order valence-electron chi connectivity index (χ1n) is 5.42. The zero-order chi connectivity index (χ0) is 13.1. The molecule has 4 nitrogen and oxygen atoms in total. The molecule has 0 bridgehead atoms. The number of amides is 1. The van der Waals surface area contributed by atoms with Crippen LogP contribution in [0.4, 0.5) is 0 Å². The molecule has 0 heterocycles. The normalized spacial score (nSPS) is 13.8. The van der Waals surface area contributed by atoms with Crippen LogP contribution in [0.2, 0.25) is 0 Å². The molecule has 0 aromatic heterocycles. The maximum atomic E-state index is 11.7. The minimum atomic E-state index is -1.43. The molecule has 4 heteroatoms. The van der Waals surface area contributed by atoms with Crippen molar-refractivity contribution >= 4 is 11.9 Å². The van der Waals surface area contributed by atoms with E-state index in [4.69, 9.17) is 0 Å². The number of carbonyl (C=O) groups is 2. The van der Waals surface area contributed by atoms with Crippen molar-refractivity contribution in [2.45, 2.75) is 20.3 Å². The Hall–Kier alpha value is -1.84. The lowest BCUT2D eigenvalue weighted by Gasteiger charge is -2.23. The van der Waals surface area contributed by atoms with Crippen LogP contribution in [0.1, 0.15) is 18.1 Å². The Morgan fingerprint density at radius 2 is 1.94 bits per heavy atom. The van der Waals surface area contributed by atoms with E-state index < -0.39 is 17.3 Å². The number of aryl methyl sites for hydroxylation is 1.